The van der Waals surface area contributed by atoms with Crippen molar-refractivity contribution < 1.29 is 4.79 Å². The minimum Gasteiger partial charge on any atom is -0.273 e. The smallest absolute Gasteiger partial charge is 0.247 e. The maximum Gasteiger partial charge on any atom is 0.247 e. The van der Waals surface area contributed by atoms with E-state index in [9.17, 15) is 4.79 Å². The van der Waals surface area contributed by atoms with Crippen LogP contribution in [0.5, 0.6) is 0 Å². The molecule has 0 radical (unpaired) electrons. The Kier molecular flexibility index (Phi) is 1.19. The fourth-order valence-electron chi connectivity index (χ4n) is 1.50. The van der Waals surface area contributed by atoms with Gasteiger partial charge in [-0.2, -0.15) is 4.52 Å². The number of hydrazine groups is 1. The standard InChI is InChI=1S/C7H6N6O/c8-13-6(14)2-4-1-5-10-9-3-12(5)11-7(4)13/h1,3H,2,8H2. The maximum absolute atomic E-state index is 11.2. The van der Waals surface area contributed by atoms with Crippen molar-refractivity contribution in [1.29, 1.82) is 0 Å². The Labute approximate surface area is 78.1 Å². The van der Waals surface area contributed by atoms with Crippen molar-refractivity contribution in [2.45, 2.75) is 6.42 Å². The molecule has 1 aliphatic rings. The van der Waals surface area contributed by atoms with Crippen molar-refractivity contribution in [3.63, 3.8) is 0 Å². The second-order valence-corrected chi connectivity index (χ2v) is 3.07. The lowest BCUT2D eigenvalue weighted by Gasteiger charge is -2.06. The second-order valence-electron chi connectivity index (χ2n) is 3.07. The molecule has 0 aromatic carbocycles. The molecule has 7 heteroatoms. The summed E-state index contributed by atoms with van der Waals surface area (Å²) in [6, 6.07) is 1.76. The third kappa shape index (κ3) is 0.787. The number of hydrogen-bond donors (Lipinski definition) is 1. The molecular weight excluding hydrogens is 184 g/mol. The van der Waals surface area contributed by atoms with Crippen molar-refractivity contribution in [3.8, 4) is 0 Å². The van der Waals surface area contributed by atoms with Gasteiger partial charge in [0.15, 0.2) is 11.5 Å². The predicted molar refractivity (Wildman–Crippen MR) is 46.2 cm³/mol. The van der Waals surface area contributed by atoms with Gasteiger partial charge in [-0.1, -0.05) is 0 Å². The number of fused-ring (bicyclic) bond motifs is 2. The summed E-state index contributed by atoms with van der Waals surface area (Å²) >= 11 is 0. The summed E-state index contributed by atoms with van der Waals surface area (Å²) in [6.45, 7) is 0. The first-order valence-electron chi connectivity index (χ1n) is 4.03. The SMILES string of the molecule is NN1C(=O)Cc2cc3nncn3nc21. The van der Waals surface area contributed by atoms with Gasteiger partial charge in [-0.3, -0.25) is 4.79 Å². The van der Waals surface area contributed by atoms with Crippen molar-refractivity contribution in [2.24, 2.45) is 5.84 Å². The molecule has 2 N–H and O–H groups in total. The van der Waals surface area contributed by atoms with E-state index in [0.717, 1.165) is 10.6 Å². The molecule has 0 unspecified atom stereocenters. The zero-order valence-electron chi connectivity index (χ0n) is 7.08. The molecule has 1 amide bonds. The van der Waals surface area contributed by atoms with E-state index in [0.29, 0.717) is 11.5 Å². The van der Waals surface area contributed by atoms with E-state index >= 15 is 0 Å². The van der Waals surface area contributed by atoms with Crippen LogP contribution in [0.4, 0.5) is 5.82 Å². The molecule has 0 atom stereocenters. The molecule has 14 heavy (non-hydrogen) atoms. The van der Waals surface area contributed by atoms with Crippen LogP contribution in [0.1, 0.15) is 5.56 Å². The average Bonchev–Trinajstić information content (AvgIpc) is 2.70. The summed E-state index contributed by atoms with van der Waals surface area (Å²) in [6.07, 6.45) is 1.74. The van der Waals surface area contributed by atoms with Gasteiger partial charge in [-0.25, -0.2) is 10.9 Å². The van der Waals surface area contributed by atoms with Gasteiger partial charge >= 0.3 is 0 Å². The van der Waals surface area contributed by atoms with Gasteiger partial charge in [0.25, 0.3) is 0 Å². The number of carbonyl (C=O) groups excluding carboxylic acids is 1. The normalized spacial score (nSPS) is 15.2. The summed E-state index contributed by atoms with van der Waals surface area (Å²) in [5.74, 6) is 5.83. The Hall–Kier alpha value is -2.02. The van der Waals surface area contributed by atoms with E-state index < -0.39 is 0 Å². The van der Waals surface area contributed by atoms with Crippen LogP contribution >= 0.6 is 0 Å². The summed E-state index contributed by atoms with van der Waals surface area (Å²) in [5.41, 5.74) is 1.41. The Morgan fingerprint density at radius 3 is 3.21 bits per heavy atom. The van der Waals surface area contributed by atoms with Crippen LogP contribution in [0.15, 0.2) is 12.4 Å². The lowest BCUT2D eigenvalue weighted by molar-refractivity contribution is -0.117. The number of amides is 1. The number of nitrogens with two attached hydrogens (primary N) is 1. The number of aromatic nitrogens is 4. The highest BCUT2D eigenvalue weighted by Gasteiger charge is 2.27. The summed E-state index contributed by atoms with van der Waals surface area (Å²) in [7, 11) is 0. The highest BCUT2D eigenvalue weighted by atomic mass is 16.2. The average molecular weight is 190 g/mol. The number of carbonyl (C=O) groups is 1. The van der Waals surface area contributed by atoms with E-state index in [-0.39, 0.29) is 12.3 Å². The molecule has 7 nitrogen and oxygen atoms in total. The largest absolute Gasteiger partial charge is 0.273 e. The quantitative estimate of drug-likeness (QED) is 0.420. The van der Waals surface area contributed by atoms with Gasteiger partial charge in [-0.15, -0.1) is 15.3 Å². The Balaban J connectivity index is 2.32. The molecule has 0 spiro atoms. The van der Waals surface area contributed by atoms with Crippen LogP contribution in [0.2, 0.25) is 0 Å². The Bertz CT molecular complexity index is 532. The van der Waals surface area contributed by atoms with Crippen LogP contribution in [0.25, 0.3) is 5.65 Å². The first kappa shape index (κ1) is 7.39. The van der Waals surface area contributed by atoms with Crippen LogP contribution in [-0.4, -0.2) is 25.7 Å². The van der Waals surface area contributed by atoms with Gasteiger partial charge < -0.3 is 0 Å². The van der Waals surface area contributed by atoms with E-state index in [2.05, 4.69) is 15.3 Å². The molecule has 0 saturated heterocycles. The molecule has 0 aliphatic carbocycles. The van der Waals surface area contributed by atoms with Gasteiger partial charge in [0.05, 0.1) is 6.42 Å². The second kappa shape index (κ2) is 2.26. The summed E-state index contributed by atoms with van der Waals surface area (Å²) in [5, 5.41) is 12.7. The monoisotopic (exact) mass is 190 g/mol. The lowest BCUT2D eigenvalue weighted by atomic mass is 10.2. The van der Waals surface area contributed by atoms with E-state index in [1.54, 1.807) is 6.07 Å². The highest BCUT2D eigenvalue weighted by molar-refractivity contribution is 5.99. The zero-order valence-corrected chi connectivity index (χ0v) is 7.08. The van der Waals surface area contributed by atoms with Crippen molar-refractivity contribution >= 4 is 17.4 Å². The van der Waals surface area contributed by atoms with Crippen molar-refractivity contribution in [1.82, 2.24) is 19.8 Å². The fraction of sp³-hybridized carbons (Fsp3) is 0.143. The van der Waals surface area contributed by atoms with E-state index in [4.69, 9.17) is 5.84 Å². The molecule has 0 saturated carbocycles. The minimum absolute atomic E-state index is 0.159. The number of anilines is 1. The summed E-state index contributed by atoms with van der Waals surface area (Å²) in [4.78, 5) is 11.2. The molecule has 1 aliphatic heterocycles. The fourth-order valence-corrected chi connectivity index (χ4v) is 1.50. The molecule has 70 valence electrons. The number of hydrogen-bond acceptors (Lipinski definition) is 5. The zero-order chi connectivity index (χ0) is 9.71. The topological polar surface area (TPSA) is 89.4 Å². The molecule has 3 heterocycles. The Morgan fingerprint density at radius 2 is 2.36 bits per heavy atom. The number of rotatable bonds is 0. The van der Waals surface area contributed by atoms with Crippen molar-refractivity contribution in [2.75, 3.05) is 5.01 Å². The third-order valence-electron chi connectivity index (χ3n) is 2.19. The maximum atomic E-state index is 11.2. The predicted octanol–water partition coefficient (Wildman–Crippen LogP) is -1.11. The first-order chi connectivity index (χ1) is 6.75. The minimum atomic E-state index is -0.159. The van der Waals surface area contributed by atoms with Gasteiger partial charge in [0.1, 0.15) is 6.33 Å². The van der Waals surface area contributed by atoms with Gasteiger partial charge in [0.2, 0.25) is 5.91 Å². The van der Waals surface area contributed by atoms with E-state index in [1.807, 2.05) is 0 Å². The molecule has 0 bridgehead atoms. The lowest BCUT2D eigenvalue weighted by Crippen LogP contribution is -2.34. The highest BCUT2D eigenvalue weighted by Crippen LogP contribution is 2.23. The first-order valence-corrected chi connectivity index (χ1v) is 4.03. The van der Waals surface area contributed by atoms with Crippen LogP contribution in [-0.2, 0) is 11.2 Å². The van der Waals surface area contributed by atoms with Crippen molar-refractivity contribution in [3.05, 3.63) is 18.0 Å². The molecular formula is C7H6N6O. The van der Waals surface area contributed by atoms with Crippen LogP contribution in [0, 0.1) is 0 Å². The molecule has 2 aromatic heterocycles. The van der Waals surface area contributed by atoms with E-state index in [1.165, 1.54) is 10.8 Å². The van der Waals surface area contributed by atoms with Gasteiger partial charge in [0, 0.05) is 5.56 Å². The Morgan fingerprint density at radius 1 is 1.50 bits per heavy atom. The van der Waals surface area contributed by atoms with Crippen LogP contribution < -0.4 is 10.9 Å². The summed E-state index contributed by atoms with van der Waals surface area (Å²) < 4.78 is 1.48. The van der Waals surface area contributed by atoms with Gasteiger partial charge in [-0.05, 0) is 6.07 Å². The number of nitrogens with zero attached hydrogens (tertiary/aromatic N) is 5. The van der Waals surface area contributed by atoms with Crippen LogP contribution in [0.3, 0.4) is 0 Å². The molecule has 3 rings (SSSR count). The molecule has 2 aromatic rings. The molecule has 0 fully saturated rings. The third-order valence-corrected chi connectivity index (χ3v) is 2.19.